The number of nitrogens with one attached hydrogen (secondary N) is 1. The van der Waals surface area contributed by atoms with Gasteiger partial charge in [0.15, 0.2) is 0 Å². The van der Waals surface area contributed by atoms with Gasteiger partial charge in [-0.05, 0) is 37.1 Å². The first-order valence-electron chi connectivity index (χ1n) is 12.2. The molecule has 1 aromatic carbocycles. The van der Waals surface area contributed by atoms with Crippen molar-refractivity contribution in [2.75, 3.05) is 6.54 Å². The quantitative estimate of drug-likeness (QED) is 0.202. The summed E-state index contributed by atoms with van der Waals surface area (Å²) in [5, 5.41) is 3.08. The van der Waals surface area contributed by atoms with Crippen molar-refractivity contribution < 1.29 is 25.9 Å². The molecule has 210 valence electrons. The van der Waals surface area contributed by atoms with E-state index in [2.05, 4.69) is 32.3 Å². The lowest BCUT2D eigenvalue weighted by Gasteiger charge is -2.18. The lowest BCUT2D eigenvalue weighted by Crippen LogP contribution is -2.18. The number of hydrogen-bond acceptors (Lipinski definition) is 5. The van der Waals surface area contributed by atoms with E-state index in [1.165, 1.54) is 12.5 Å². The molecule has 0 amide bonds. The molecule has 1 aromatic rings. The molecule has 0 aromatic heterocycles. The molecule has 9 heteroatoms. The van der Waals surface area contributed by atoms with E-state index in [1.807, 2.05) is 58.9 Å². The molecule has 37 heavy (non-hydrogen) atoms. The molecule has 0 aliphatic rings. The van der Waals surface area contributed by atoms with Crippen LogP contribution in [0.4, 0.5) is 0 Å². The molecule has 0 bridgehead atoms. The van der Waals surface area contributed by atoms with Crippen molar-refractivity contribution in [2.24, 2.45) is 0 Å². The van der Waals surface area contributed by atoms with Crippen LogP contribution in [0.3, 0.4) is 0 Å². The summed E-state index contributed by atoms with van der Waals surface area (Å²) in [6.07, 6.45) is 14.8. The van der Waals surface area contributed by atoms with Crippen LogP contribution in [0, 0.1) is 0 Å². The van der Waals surface area contributed by atoms with Gasteiger partial charge in [-0.2, -0.15) is 16.8 Å². The van der Waals surface area contributed by atoms with Crippen molar-refractivity contribution in [3.63, 3.8) is 0 Å². The standard InChI is InChI=1S/C21H25NO6S2.C3H8.2C2H6/c1-5-9-10-12-16(11-6-2)15-22-19(8-4)21-17(7-3)13-18(29(23,24)25)14-20(21)30(26,27)28;1-3-2;2*1-2/h5-14,22H,2-3,15H2,1,4H3,(H,23,24,25)(H,26,27,28);3H2,1-2H3;2*1-2H3/b9-5-,12-10-,16-11+,19-8+;;;. The summed E-state index contributed by atoms with van der Waals surface area (Å²) in [4.78, 5) is -1.35. The molecular weight excluding hydrogens is 510 g/mol. The lowest BCUT2D eigenvalue weighted by molar-refractivity contribution is 0.480. The Hall–Kier alpha value is -2.72. The topological polar surface area (TPSA) is 121 Å². The Morgan fingerprint density at radius 1 is 0.946 bits per heavy atom. The molecule has 0 aliphatic carbocycles. The maximum absolute atomic E-state index is 12.0. The van der Waals surface area contributed by atoms with Crippen LogP contribution in [0.25, 0.3) is 11.8 Å². The van der Waals surface area contributed by atoms with Crippen molar-refractivity contribution in [1.82, 2.24) is 5.32 Å². The highest BCUT2D eigenvalue weighted by Crippen LogP contribution is 2.30. The average molecular weight is 556 g/mol. The predicted molar refractivity (Wildman–Crippen MR) is 159 cm³/mol. The van der Waals surface area contributed by atoms with Crippen LogP contribution in [0.5, 0.6) is 0 Å². The minimum absolute atomic E-state index is 0.0257. The van der Waals surface area contributed by atoms with Crippen LogP contribution in [0.1, 0.15) is 72.9 Å². The van der Waals surface area contributed by atoms with Gasteiger partial charge in [0.05, 0.1) is 4.90 Å². The summed E-state index contributed by atoms with van der Waals surface area (Å²) in [6.45, 7) is 23.3. The van der Waals surface area contributed by atoms with Crippen molar-refractivity contribution in [3.8, 4) is 0 Å². The zero-order valence-corrected chi connectivity index (χ0v) is 25.1. The van der Waals surface area contributed by atoms with Crippen LogP contribution in [-0.2, 0) is 20.2 Å². The highest BCUT2D eigenvalue weighted by atomic mass is 32.2. The molecule has 0 aliphatic heterocycles. The minimum Gasteiger partial charge on any atom is -0.381 e. The molecule has 0 fully saturated rings. The fraction of sp³-hybridized carbons (Fsp3) is 0.357. The Kier molecular flexibility index (Phi) is 22.4. The van der Waals surface area contributed by atoms with Gasteiger partial charge in [0.25, 0.3) is 20.2 Å². The van der Waals surface area contributed by atoms with Gasteiger partial charge >= 0.3 is 0 Å². The van der Waals surface area contributed by atoms with Gasteiger partial charge in [-0.25, -0.2) is 0 Å². The van der Waals surface area contributed by atoms with Gasteiger partial charge in [-0.3, -0.25) is 9.11 Å². The molecular formula is C28H45NO6S2. The van der Waals surface area contributed by atoms with Gasteiger partial charge in [0.1, 0.15) is 4.90 Å². The number of rotatable bonds is 10. The summed E-state index contributed by atoms with van der Waals surface area (Å²) in [6, 6.07) is 1.77. The Labute approximate surface area is 225 Å². The van der Waals surface area contributed by atoms with Crippen molar-refractivity contribution in [3.05, 3.63) is 84.5 Å². The maximum Gasteiger partial charge on any atom is 0.295 e. The molecule has 0 spiro atoms. The van der Waals surface area contributed by atoms with Crippen LogP contribution < -0.4 is 5.32 Å². The van der Waals surface area contributed by atoms with E-state index in [0.717, 1.165) is 11.6 Å². The van der Waals surface area contributed by atoms with Crippen LogP contribution in [-0.4, -0.2) is 32.5 Å². The van der Waals surface area contributed by atoms with E-state index in [4.69, 9.17) is 0 Å². The first-order chi connectivity index (χ1) is 17.4. The van der Waals surface area contributed by atoms with Crippen molar-refractivity contribution >= 4 is 32.0 Å². The second kappa shape index (κ2) is 21.4. The lowest BCUT2D eigenvalue weighted by atomic mass is 10.0. The average Bonchev–Trinajstić information content (AvgIpc) is 2.86. The summed E-state index contributed by atoms with van der Waals surface area (Å²) in [5.74, 6) is 0. The molecule has 0 saturated carbocycles. The van der Waals surface area contributed by atoms with Crippen molar-refractivity contribution in [2.45, 2.75) is 71.6 Å². The molecule has 0 unspecified atom stereocenters. The fourth-order valence-corrected chi connectivity index (χ4v) is 3.94. The first-order valence-corrected chi connectivity index (χ1v) is 15.1. The Bertz CT molecular complexity index is 1160. The molecule has 7 nitrogen and oxygen atoms in total. The van der Waals surface area contributed by atoms with E-state index in [-0.39, 0.29) is 17.7 Å². The molecule has 1 rings (SSSR count). The second-order valence-electron chi connectivity index (χ2n) is 6.67. The van der Waals surface area contributed by atoms with Crippen molar-refractivity contribution in [1.29, 1.82) is 0 Å². The third kappa shape index (κ3) is 15.2. The highest BCUT2D eigenvalue weighted by Gasteiger charge is 2.25. The fourth-order valence-electron chi connectivity index (χ4n) is 2.56. The van der Waals surface area contributed by atoms with Crippen LogP contribution in [0.2, 0.25) is 0 Å². The van der Waals surface area contributed by atoms with Crippen LogP contribution in [0.15, 0.2) is 83.2 Å². The molecule has 0 radical (unpaired) electrons. The second-order valence-corrected chi connectivity index (χ2v) is 9.48. The van der Waals surface area contributed by atoms with Gasteiger partial charge in [-0.1, -0.05) is 110 Å². The smallest absolute Gasteiger partial charge is 0.295 e. The third-order valence-electron chi connectivity index (χ3n) is 3.89. The summed E-state index contributed by atoms with van der Waals surface area (Å²) in [5.41, 5.74) is 1.26. The zero-order valence-electron chi connectivity index (χ0n) is 23.4. The third-order valence-corrected chi connectivity index (χ3v) is 5.60. The SMILES string of the molecule is C=C\C=C(/C=C\C=C/C)CN/C(=C/C)c1c(C=C)cc(S(=O)(=O)O)cc1S(=O)(=O)O.CC.CC.CCC. The van der Waals surface area contributed by atoms with Gasteiger partial charge < -0.3 is 5.32 Å². The zero-order chi connectivity index (χ0) is 29.7. The normalized spacial score (nSPS) is 11.9. The van der Waals surface area contributed by atoms with Gasteiger partial charge in [0.2, 0.25) is 0 Å². The predicted octanol–water partition coefficient (Wildman–Crippen LogP) is 7.49. The number of benzene rings is 1. The molecule has 0 atom stereocenters. The largest absolute Gasteiger partial charge is 0.381 e. The molecule has 0 heterocycles. The minimum atomic E-state index is -4.83. The molecule has 0 saturated heterocycles. The molecule has 3 N–H and O–H groups in total. The summed E-state index contributed by atoms with van der Waals surface area (Å²) >= 11 is 0. The Morgan fingerprint density at radius 3 is 1.86 bits per heavy atom. The number of allylic oxidation sites excluding steroid dienone is 6. The van der Waals surface area contributed by atoms with Crippen LogP contribution >= 0.6 is 0 Å². The van der Waals surface area contributed by atoms with Gasteiger partial charge in [0, 0.05) is 17.8 Å². The highest BCUT2D eigenvalue weighted by molar-refractivity contribution is 7.86. The monoisotopic (exact) mass is 555 g/mol. The number of hydrogen-bond donors (Lipinski definition) is 3. The maximum atomic E-state index is 12.0. The van der Waals surface area contributed by atoms with E-state index in [1.54, 1.807) is 25.2 Å². The van der Waals surface area contributed by atoms with E-state index in [9.17, 15) is 25.9 Å². The van der Waals surface area contributed by atoms with E-state index >= 15 is 0 Å². The first kappa shape index (κ1) is 38.8. The Balaban J connectivity index is -0.00000150. The van der Waals surface area contributed by atoms with E-state index in [0.29, 0.717) is 11.8 Å². The summed E-state index contributed by atoms with van der Waals surface area (Å²) < 4.78 is 66.0. The Morgan fingerprint density at radius 2 is 1.49 bits per heavy atom. The summed E-state index contributed by atoms with van der Waals surface area (Å²) in [7, 11) is -9.54. The van der Waals surface area contributed by atoms with E-state index < -0.39 is 30.0 Å². The van der Waals surface area contributed by atoms with Gasteiger partial charge in [-0.15, -0.1) is 0 Å².